The van der Waals surface area contributed by atoms with Crippen LogP contribution in [0.15, 0.2) is 24.3 Å². The van der Waals surface area contributed by atoms with E-state index in [1.54, 1.807) is 18.2 Å². The van der Waals surface area contributed by atoms with E-state index in [2.05, 4.69) is 10.6 Å². The predicted molar refractivity (Wildman–Crippen MR) is 61.0 cm³/mol. The second-order valence-electron chi connectivity index (χ2n) is 4.12. The molecule has 2 rings (SSSR count). The number of aromatic hydroxyl groups is 1. The van der Waals surface area contributed by atoms with Gasteiger partial charge in [0.1, 0.15) is 5.75 Å². The number of carbonyl (C=O) groups is 1. The van der Waals surface area contributed by atoms with Crippen molar-refractivity contribution in [1.29, 1.82) is 0 Å². The summed E-state index contributed by atoms with van der Waals surface area (Å²) >= 11 is 0. The maximum atomic E-state index is 11.3. The molecule has 0 aromatic heterocycles. The Balaban J connectivity index is 1.68. The largest absolute Gasteiger partial charge is 0.508 e. The minimum absolute atomic E-state index is 0.0441. The molecule has 1 fully saturated rings. The molecule has 0 unspecified atom stereocenters. The summed E-state index contributed by atoms with van der Waals surface area (Å²) in [7, 11) is 0. The first-order valence-corrected chi connectivity index (χ1v) is 5.52. The Bertz CT molecular complexity index is 375. The maximum Gasteiger partial charge on any atom is 0.234 e. The van der Waals surface area contributed by atoms with Crippen LogP contribution < -0.4 is 10.6 Å². The van der Waals surface area contributed by atoms with Crippen molar-refractivity contribution < 1.29 is 9.90 Å². The van der Waals surface area contributed by atoms with Gasteiger partial charge in [-0.3, -0.25) is 4.79 Å². The molecule has 1 saturated carbocycles. The summed E-state index contributed by atoms with van der Waals surface area (Å²) < 4.78 is 0. The number of hydrogen-bond donors (Lipinski definition) is 3. The van der Waals surface area contributed by atoms with E-state index in [-0.39, 0.29) is 11.7 Å². The molecule has 86 valence electrons. The highest BCUT2D eigenvalue weighted by Gasteiger charge is 2.22. The van der Waals surface area contributed by atoms with Gasteiger partial charge in [0.2, 0.25) is 5.91 Å². The fourth-order valence-corrected chi connectivity index (χ4v) is 1.49. The second kappa shape index (κ2) is 4.99. The molecule has 0 atom stereocenters. The van der Waals surface area contributed by atoms with E-state index < -0.39 is 0 Å². The van der Waals surface area contributed by atoms with Crippen molar-refractivity contribution in [3.05, 3.63) is 29.8 Å². The third kappa shape index (κ3) is 3.55. The molecule has 1 aliphatic rings. The first-order valence-electron chi connectivity index (χ1n) is 5.52. The Labute approximate surface area is 94.7 Å². The number of phenolic OH excluding ortho intramolecular Hbond substituents is 1. The van der Waals surface area contributed by atoms with E-state index in [4.69, 9.17) is 0 Å². The van der Waals surface area contributed by atoms with Crippen molar-refractivity contribution in [2.24, 2.45) is 0 Å². The third-order valence-corrected chi connectivity index (χ3v) is 2.47. The van der Waals surface area contributed by atoms with Crippen molar-refractivity contribution in [1.82, 2.24) is 10.6 Å². The maximum absolute atomic E-state index is 11.3. The SMILES string of the molecule is O=C(CNCc1cccc(O)c1)NC1CC1. The Morgan fingerprint density at radius 3 is 2.94 bits per heavy atom. The van der Waals surface area contributed by atoms with Crippen molar-refractivity contribution in [2.75, 3.05) is 6.54 Å². The minimum atomic E-state index is 0.0441. The predicted octanol–water partition coefficient (Wildman–Crippen LogP) is 0.760. The van der Waals surface area contributed by atoms with Gasteiger partial charge in [-0.05, 0) is 30.5 Å². The molecule has 0 radical (unpaired) electrons. The van der Waals surface area contributed by atoms with Crippen LogP contribution in [0.4, 0.5) is 0 Å². The zero-order chi connectivity index (χ0) is 11.4. The summed E-state index contributed by atoms with van der Waals surface area (Å²) in [6.45, 7) is 0.915. The molecule has 0 saturated heterocycles. The van der Waals surface area contributed by atoms with Gasteiger partial charge in [0.25, 0.3) is 0 Å². The van der Waals surface area contributed by atoms with Crippen molar-refractivity contribution in [3.8, 4) is 5.75 Å². The Morgan fingerprint density at radius 1 is 1.44 bits per heavy atom. The van der Waals surface area contributed by atoms with Crippen LogP contribution in [0.3, 0.4) is 0 Å². The van der Waals surface area contributed by atoms with Crippen LogP contribution >= 0.6 is 0 Å². The normalized spacial score (nSPS) is 14.8. The molecular weight excluding hydrogens is 204 g/mol. The van der Waals surface area contributed by atoms with E-state index in [0.29, 0.717) is 19.1 Å². The minimum Gasteiger partial charge on any atom is -0.508 e. The summed E-state index contributed by atoms with van der Waals surface area (Å²) in [5, 5.41) is 15.2. The molecular formula is C12H16N2O2. The van der Waals surface area contributed by atoms with E-state index in [1.165, 1.54) is 0 Å². The van der Waals surface area contributed by atoms with Gasteiger partial charge in [-0.25, -0.2) is 0 Å². The van der Waals surface area contributed by atoms with Crippen molar-refractivity contribution >= 4 is 5.91 Å². The number of amides is 1. The zero-order valence-corrected chi connectivity index (χ0v) is 9.07. The van der Waals surface area contributed by atoms with Crippen LogP contribution in [-0.2, 0) is 11.3 Å². The van der Waals surface area contributed by atoms with Gasteiger partial charge in [-0.1, -0.05) is 12.1 Å². The molecule has 0 heterocycles. The standard InChI is InChI=1S/C12H16N2O2/c15-11-3-1-2-9(6-11)7-13-8-12(16)14-10-4-5-10/h1-3,6,10,13,15H,4-5,7-8H2,(H,14,16). The topological polar surface area (TPSA) is 61.4 Å². The van der Waals surface area contributed by atoms with Gasteiger partial charge in [0.15, 0.2) is 0 Å². The van der Waals surface area contributed by atoms with Crippen LogP contribution in [0, 0.1) is 0 Å². The fraction of sp³-hybridized carbons (Fsp3) is 0.417. The van der Waals surface area contributed by atoms with Gasteiger partial charge >= 0.3 is 0 Å². The molecule has 0 bridgehead atoms. The molecule has 0 aliphatic heterocycles. The highest BCUT2D eigenvalue weighted by atomic mass is 16.3. The zero-order valence-electron chi connectivity index (χ0n) is 9.07. The highest BCUT2D eigenvalue weighted by Crippen LogP contribution is 2.18. The number of benzene rings is 1. The number of carbonyl (C=O) groups excluding carboxylic acids is 1. The fourth-order valence-electron chi connectivity index (χ4n) is 1.49. The molecule has 1 aliphatic carbocycles. The Morgan fingerprint density at radius 2 is 2.25 bits per heavy atom. The van der Waals surface area contributed by atoms with Gasteiger partial charge in [-0.2, -0.15) is 0 Å². The van der Waals surface area contributed by atoms with E-state index in [0.717, 1.165) is 18.4 Å². The Kier molecular flexibility index (Phi) is 3.41. The molecule has 3 N–H and O–H groups in total. The number of rotatable bonds is 5. The summed E-state index contributed by atoms with van der Waals surface area (Å²) in [5.74, 6) is 0.296. The van der Waals surface area contributed by atoms with E-state index >= 15 is 0 Å². The van der Waals surface area contributed by atoms with Crippen LogP contribution in [-0.4, -0.2) is 23.6 Å². The summed E-state index contributed by atoms with van der Waals surface area (Å²) in [6, 6.07) is 7.42. The first-order chi connectivity index (χ1) is 7.74. The lowest BCUT2D eigenvalue weighted by molar-refractivity contribution is -0.120. The third-order valence-electron chi connectivity index (χ3n) is 2.47. The number of phenols is 1. The van der Waals surface area contributed by atoms with Gasteiger partial charge in [0, 0.05) is 12.6 Å². The first kappa shape index (κ1) is 11.0. The van der Waals surface area contributed by atoms with Crippen LogP contribution in [0.2, 0.25) is 0 Å². The van der Waals surface area contributed by atoms with Crippen molar-refractivity contribution in [2.45, 2.75) is 25.4 Å². The quantitative estimate of drug-likeness (QED) is 0.686. The Hall–Kier alpha value is -1.55. The van der Waals surface area contributed by atoms with Crippen LogP contribution in [0.25, 0.3) is 0 Å². The lowest BCUT2D eigenvalue weighted by Crippen LogP contribution is -2.34. The van der Waals surface area contributed by atoms with E-state index in [1.807, 2.05) is 6.07 Å². The van der Waals surface area contributed by atoms with Gasteiger partial charge in [-0.15, -0.1) is 0 Å². The van der Waals surface area contributed by atoms with Crippen molar-refractivity contribution in [3.63, 3.8) is 0 Å². The lowest BCUT2D eigenvalue weighted by atomic mass is 10.2. The number of nitrogens with one attached hydrogen (secondary N) is 2. The average Bonchev–Trinajstić information content (AvgIpc) is 3.02. The molecule has 16 heavy (non-hydrogen) atoms. The number of hydrogen-bond acceptors (Lipinski definition) is 3. The van der Waals surface area contributed by atoms with Gasteiger partial charge in [0.05, 0.1) is 6.54 Å². The molecule has 1 amide bonds. The molecule has 0 spiro atoms. The monoisotopic (exact) mass is 220 g/mol. The average molecular weight is 220 g/mol. The second-order valence-corrected chi connectivity index (χ2v) is 4.12. The summed E-state index contributed by atoms with van der Waals surface area (Å²) in [4.78, 5) is 11.3. The molecule has 1 aromatic carbocycles. The van der Waals surface area contributed by atoms with Crippen LogP contribution in [0.5, 0.6) is 5.75 Å². The highest BCUT2D eigenvalue weighted by molar-refractivity contribution is 5.78. The molecule has 4 heteroatoms. The summed E-state index contributed by atoms with van der Waals surface area (Å²) in [6.07, 6.45) is 2.22. The molecule has 4 nitrogen and oxygen atoms in total. The summed E-state index contributed by atoms with van der Waals surface area (Å²) in [5.41, 5.74) is 0.972. The van der Waals surface area contributed by atoms with E-state index in [9.17, 15) is 9.90 Å². The van der Waals surface area contributed by atoms with Gasteiger partial charge < -0.3 is 15.7 Å². The van der Waals surface area contributed by atoms with Crippen LogP contribution in [0.1, 0.15) is 18.4 Å². The molecule has 1 aromatic rings. The lowest BCUT2D eigenvalue weighted by Gasteiger charge is -2.05. The smallest absolute Gasteiger partial charge is 0.234 e.